The smallest absolute Gasteiger partial charge is 0.121 e. The molecular formula is C11H14ClN3O. The summed E-state index contributed by atoms with van der Waals surface area (Å²) in [5.74, 6) is 0.811. The number of aromatic nitrogens is 2. The Morgan fingerprint density at radius 1 is 1.38 bits per heavy atom. The molecule has 5 heteroatoms. The number of benzene rings is 1. The predicted octanol–water partition coefficient (Wildman–Crippen LogP) is 1.76. The summed E-state index contributed by atoms with van der Waals surface area (Å²) in [5.41, 5.74) is 7.54. The maximum atomic E-state index is 5.61. The second-order valence-electron chi connectivity index (χ2n) is 3.14. The van der Waals surface area contributed by atoms with Crippen LogP contribution in [0.5, 0.6) is 5.75 Å². The summed E-state index contributed by atoms with van der Waals surface area (Å²) in [6, 6.07) is 9.62. The molecule has 0 saturated carbocycles. The summed E-state index contributed by atoms with van der Waals surface area (Å²) in [6.45, 7) is 0.469. The molecule has 1 heterocycles. The van der Waals surface area contributed by atoms with Gasteiger partial charge in [0.05, 0.1) is 18.5 Å². The van der Waals surface area contributed by atoms with Gasteiger partial charge in [0.25, 0.3) is 0 Å². The van der Waals surface area contributed by atoms with E-state index in [1.54, 1.807) is 13.3 Å². The summed E-state index contributed by atoms with van der Waals surface area (Å²) >= 11 is 0. The van der Waals surface area contributed by atoms with Gasteiger partial charge in [-0.2, -0.15) is 5.10 Å². The number of hydrogen-bond donors (Lipinski definition) is 1. The average molecular weight is 240 g/mol. The van der Waals surface area contributed by atoms with E-state index in [2.05, 4.69) is 5.10 Å². The fourth-order valence-electron chi connectivity index (χ4n) is 1.46. The SMILES string of the molecule is COc1cccc(-n2nccc2CN)c1.Cl. The van der Waals surface area contributed by atoms with Gasteiger partial charge in [-0.25, -0.2) is 4.68 Å². The maximum Gasteiger partial charge on any atom is 0.121 e. The first-order chi connectivity index (χ1) is 7.35. The van der Waals surface area contributed by atoms with Crippen LogP contribution in [0.4, 0.5) is 0 Å². The second kappa shape index (κ2) is 5.53. The molecule has 16 heavy (non-hydrogen) atoms. The third kappa shape index (κ3) is 2.35. The maximum absolute atomic E-state index is 5.61. The molecule has 2 rings (SSSR count). The molecule has 0 fully saturated rings. The van der Waals surface area contributed by atoms with E-state index in [-0.39, 0.29) is 12.4 Å². The number of nitrogens with two attached hydrogens (primary N) is 1. The normalized spacial score (nSPS) is 9.62. The van der Waals surface area contributed by atoms with Crippen LogP contribution in [0.3, 0.4) is 0 Å². The van der Waals surface area contributed by atoms with Gasteiger partial charge in [0.15, 0.2) is 0 Å². The van der Waals surface area contributed by atoms with E-state index in [4.69, 9.17) is 10.5 Å². The van der Waals surface area contributed by atoms with Crippen LogP contribution in [0, 0.1) is 0 Å². The van der Waals surface area contributed by atoms with Crippen molar-refractivity contribution in [2.75, 3.05) is 7.11 Å². The summed E-state index contributed by atoms with van der Waals surface area (Å²) in [5, 5.41) is 4.21. The average Bonchev–Trinajstić information content (AvgIpc) is 2.77. The van der Waals surface area contributed by atoms with Crippen molar-refractivity contribution >= 4 is 12.4 Å². The lowest BCUT2D eigenvalue weighted by atomic mass is 10.3. The molecular weight excluding hydrogens is 226 g/mol. The first kappa shape index (κ1) is 12.5. The first-order valence-electron chi connectivity index (χ1n) is 4.72. The quantitative estimate of drug-likeness (QED) is 0.888. The van der Waals surface area contributed by atoms with Crippen LogP contribution in [0.2, 0.25) is 0 Å². The summed E-state index contributed by atoms with van der Waals surface area (Å²) in [7, 11) is 1.64. The van der Waals surface area contributed by atoms with Crippen molar-refractivity contribution in [3.8, 4) is 11.4 Å². The van der Waals surface area contributed by atoms with Gasteiger partial charge < -0.3 is 10.5 Å². The van der Waals surface area contributed by atoms with Crippen molar-refractivity contribution in [2.45, 2.75) is 6.54 Å². The lowest BCUT2D eigenvalue weighted by molar-refractivity contribution is 0.414. The Hall–Kier alpha value is -1.52. The zero-order valence-corrected chi connectivity index (χ0v) is 9.78. The van der Waals surface area contributed by atoms with Gasteiger partial charge in [-0.15, -0.1) is 12.4 Å². The highest BCUT2D eigenvalue weighted by Gasteiger charge is 2.03. The fourth-order valence-corrected chi connectivity index (χ4v) is 1.46. The van der Waals surface area contributed by atoms with Gasteiger partial charge in [-0.3, -0.25) is 0 Å². The summed E-state index contributed by atoms with van der Waals surface area (Å²) < 4.78 is 6.96. The molecule has 0 saturated heterocycles. The van der Waals surface area contributed by atoms with Crippen LogP contribution in [0.25, 0.3) is 5.69 Å². The molecule has 86 valence electrons. The zero-order chi connectivity index (χ0) is 10.7. The van der Waals surface area contributed by atoms with E-state index < -0.39 is 0 Å². The molecule has 2 aromatic rings. The van der Waals surface area contributed by atoms with Crippen LogP contribution in [-0.2, 0) is 6.54 Å². The van der Waals surface area contributed by atoms with Gasteiger partial charge in [-0.05, 0) is 18.2 Å². The molecule has 0 bridgehead atoms. The van der Waals surface area contributed by atoms with Crippen molar-refractivity contribution < 1.29 is 4.74 Å². The van der Waals surface area contributed by atoms with E-state index in [1.807, 2.05) is 35.0 Å². The molecule has 0 radical (unpaired) electrons. The third-order valence-electron chi connectivity index (χ3n) is 2.23. The second-order valence-corrected chi connectivity index (χ2v) is 3.14. The van der Waals surface area contributed by atoms with Crippen molar-refractivity contribution in [1.29, 1.82) is 0 Å². The minimum atomic E-state index is 0. The Labute approximate surface area is 100 Å². The Bertz CT molecular complexity index is 456. The highest BCUT2D eigenvalue weighted by atomic mass is 35.5. The predicted molar refractivity (Wildman–Crippen MR) is 65.3 cm³/mol. The largest absolute Gasteiger partial charge is 0.497 e. The van der Waals surface area contributed by atoms with Crippen molar-refractivity contribution in [3.63, 3.8) is 0 Å². The Morgan fingerprint density at radius 2 is 2.19 bits per heavy atom. The van der Waals surface area contributed by atoms with Gasteiger partial charge in [0, 0.05) is 18.8 Å². The van der Waals surface area contributed by atoms with Gasteiger partial charge >= 0.3 is 0 Å². The summed E-state index contributed by atoms with van der Waals surface area (Å²) in [4.78, 5) is 0. The van der Waals surface area contributed by atoms with E-state index in [1.165, 1.54) is 0 Å². The van der Waals surface area contributed by atoms with E-state index in [9.17, 15) is 0 Å². The molecule has 1 aromatic heterocycles. The minimum Gasteiger partial charge on any atom is -0.497 e. The van der Waals surface area contributed by atoms with E-state index in [0.29, 0.717) is 6.54 Å². The Balaban J connectivity index is 0.00000128. The van der Waals surface area contributed by atoms with E-state index in [0.717, 1.165) is 17.1 Å². The lowest BCUT2D eigenvalue weighted by Gasteiger charge is -2.07. The Morgan fingerprint density at radius 3 is 2.88 bits per heavy atom. The molecule has 0 aliphatic carbocycles. The highest BCUT2D eigenvalue weighted by molar-refractivity contribution is 5.85. The summed E-state index contributed by atoms with van der Waals surface area (Å²) in [6.07, 6.45) is 1.74. The van der Waals surface area contributed by atoms with Crippen LogP contribution < -0.4 is 10.5 Å². The zero-order valence-electron chi connectivity index (χ0n) is 8.96. The highest BCUT2D eigenvalue weighted by Crippen LogP contribution is 2.16. The van der Waals surface area contributed by atoms with Crippen LogP contribution in [0.1, 0.15) is 5.69 Å². The van der Waals surface area contributed by atoms with E-state index >= 15 is 0 Å². The molecule has 1 aromatic carbocycles. The number of halogens is 1. The molecule has 0 unspecified atom stereocenters. The van der Waals surface area contributed by atoms with Gasteiger partial charge in [-0.1, -0.05) is 6.07 Å². The monoisotopic (exact) mass is 239 g/mol. The molecule has 0 aliphatic rings. The van der Waals surface area contributed by atoms with Crippen LogP contribution >= 0.6 is 12.4 Å². The number of nitrogens with zero attached hydrogens (tertiary/aromatic N) is 2. The van der Waals surface area contributed by atoms with Crippen molar-refractivity contribution in [2.24, 2.45) is 5.73 Å². The number of rotatable bonds is 3. The number of methoxy groups -OCH3 is 1. The molecule has 0 amide bonds. The van der Waals surface area contributed by atoms with Crippen molar-refractivity contribution in [3.05, 3.63) is 42.2 Å². The standard InChI is InChI=1S/C11H13N3O.ClH/c1-15-11-4-2-3-9(7-11)14-10(8-12)5-6-13-14;/h2-7H,8,12H2,1H3;1H. The number of ether oxygens (including phenoxy) is 1. The molecule has 0 spiro atoms. The van der Waals surface area contributed by atoms with Crippen LogP contribution in [-0.4, -0.2) is 16.9 Å². The van der Waals surface area contributed by atoms with Crippen LogP contribution in [0.15, 0.2) is 36.5 Å². The molecule has 0 aliphatic heterocycles. The lowest BCUT2D eigenvalue weighted by Crippen LogP contribution is -2.06. The topological polar surface area (TPSA) is 53.1 Å². The third-order valence-corrected chi connectivity index (χ3v) is 2.23. The minimum absolute atomic E-state index is 0. The van der Waals surface area contributed by atoms with Gasteiger partial charge in [0.2, 0.25) is 0 Å². The number of hydrogen-bond acceptors (Lipinski definition) is 3. The first-order valence-corrected chi connectivity index (χ1v) is 4.72. The molecule has 0 atom stereocenters. The fraction of sp³-hybridized carbons (Fsp3) is 0.182. The molecule has 4 nitrogen and oxygen atoms in total. The van der Waals surface area contributed by atoms with Gasteiger partial charge in [0.1, 0.15) is 5.75 Å². The van der Waals surface area contributed by atoms with Crippen molar-refractivity contribution in [1.82, 2.24) is 9.78 Å². The molecule has 2 N–H and O–H groups in total. The Kier molecular flexibility index (Phi) is 4.34.